The fourth-order valence-electron chi connectivity index (χ4n) is 2.26. The predicted octanol–water partition coefficient (Wildman–Crippen LogP) is 2.78. The van der Waals surface area contributed by atoms with Gasteiger partial charge in [0.05, 0.1) is 13.3 Å². The van der Waals surface area contributed by atoms with Crippen LogP contribution in [0.5, 0.6) is 11.5 Å². The van der Waals surface area contributed by atoms with Crippen molar-refractivity contribution in [2.24, 2.45) is 0 Å². The molecule has 4 nitrogen and oxygen atoms in total. The largest absolute Gasteiger partial charge is 0.497 e. The van der Waals surface area contributed by atoms with Crippen molar-refractivity contribution in [3.63, 3.8) is 0 Å². The molecule has 3 rings (SSSR count). The third kappa shape index (κ3) is 1.53. The fourth-order valence-corrected chi connectivity index (χ4v) is 2.26. The van der Waals surface area contributed by atoms with Crippen molar-refractivity contribution in [3.05, 3.63) is 36.0 Å². The van der Waals surface area contributed by atoms with E-state index in [1.807, 2.05) is 38.1 Å². The van der Waals surface area contributed by atoms with Gasteiger partial charge in [-0.15, -0.1) is 5.10 Å². The first-order valence-electron chi connectivity index (χ1n) is 5.81. The molecule has 0 saturated heterocycles. The van der Waals surface area contributed by atoms with Crippen LogP contribution in [-0.4, -0.2) is 17.3 Å². The summed E-state index contributed by atoms with van der Waals surface area (Å²) >= 11 is 0. The zero-order valence-corrected chi connectivity index (χ0v) is 10.6. The monoisotopic (exact) mass is 242 g/mol. The van der Waals surface area contributed by atoms with Crippen LogP contribution >= 0.6 is 0 Å². The molecule has 0 radical (unpaired) electrons. The summed E-state index contributed by atoms with van der Waals surface area (Å²) in [4.78, 5) is 0. The van der Waals surface area contributed by atoms with Gasteiger partial charge in [-0.05, 0) is 32.0 Å². The van der Waals surface area contributed by atoms with Crippen LogP contribution in [0.15, 0.2) is 30.5 Å². The van der Waals surface area contributed by atoms with Crippen molar-refractivity contribution < 1.29 is 9.47 Å². The molecule has 0 spiro atoms. The smallest absolute Gasteiger partial charge is 0.133 e. The minimum atomic E-state index is -0.412. The van der Waals surface area contributed by atoms with Crippen LogP contribution in [-0.2, 0) is 5.60 Å². The van der Waals surface area contributed by atoms with E-state index in [9.17, 15) is 0 Å². The molecule has 1 aliphatic rings. The van der Waals surface area contributed by atoms with E-state index in [-0.39, 0.29) is 0 Å². The first kappa shape index (κ1) is 11.0. The van der Waals surface area contributed by atoms with E-state index in [4.69, 9.17) is 9.47 Å². The predicted molar refractivity (Wildman–Crippen MR) is 67.7 cm³/mol. The van der Waals surface area contributed by atoms with E-state index in [2.05, 4.69) is 10.2 Å². The molecule has 2 aromatic rings. The second kappa shape index (κ2) is 3.70. The molecule has 1 aliphatic heterocycles. The van der Waals surface area contributed by atoms with Gasteiger partial charge in [0, 0.05) is 17.2 Å². The average molecular weight is 242 g/mol. The zero-order chi connectivity index (χ0) is 12.8. The normalized spacial score (nSPS) is 15.3. The lowest BCUT2D eigenvalue weighted by Crippen LogP contribution is -2.29. The number of nitrogens with zero attached hydrogens (tertiary/aromatic N) is 2. The van der Waals surface area contributed by atoms with E-state index in [0.29, 0.717) is 0 Å². The Balaban J connectivity index is 2.25. The molecule has 0 saturated carbocycles. The maximum absolute atomic E-state index is 6.04. The van der Waals surface area contributed by atoms with Crippen molar-refractivity contribution in [1.29, 1.82) is 0 Å². The second-order valence-corrected chi connectivity index (χ2v) is 4.77. The van der Waals surface area contributed by atoms with Crippen molar-refractivity contribution >= 4 is 0 Å². The Morgan fingerprint density at radius 3 is 2.83 bits per heavy atom. The van der Waals surface area contributed by atoms with Gasteiger partial charge in [-0.1, -0.05) is 0 Å². The third-order valence-electron chi connectivity index (χ3n) is 3.18. The van der Waals surface area contributed by atoms with Crippen LogP contribution in [0, 0.1) is 0 Å². The molecule has 1 aromatic heterocycles. The Kier molecular flexibility index (Phi) is 2.26. The van der Waals surface area contributed by atoms with Gasteiger partial charge < -0.3 is 9.47 Å². The van der Waals surface area contributed by atoms with Gasteiger partial charge in [-0.25, -0.2) is 0 Å². The van der Waals surface area contributed by atoms with E-state index < -0.39 is 5.60 Å². The van der Waals surface area contributed by atoms with Gasteiger partial charge in [-0.2, -0.15) is 5.10 Å². The maximum Gasteiger partial charge on any atom is 0.133 e. The van der Waals surface area contributed by atoms with Gasteiger partial charge in [-0.3, -0.25) is 0 Å². The summed E-state index contributed by atoms with van der Waals surface area (Å²) in [5.74, 6) is 1.56. The number of fused-ring (bicyclic) bond motifs is 3. The van der Waals surface area contributed by atoms with Gasteiger partial charge >= 0.3 is 0 Å². The molecular formula is C14H14N2O2. The van der Waals surface area contributed by atoms with E-state index in [1.54, 1.807) is 13.3 Å². The number of benzene rings is 1. The van der Waals surface area contributed by atoms with Gasteiger partial charge in [0.2, 0.25) is 0 Å². The molecule has 0 atom stereocenters. The van der Waals surface area contributed by atoms with Crippen molar-refractivity contribution in [2.45, 2.75) is 19.4 Å². The molecule has 0 aliphatic carbocycles. The highest BCUT2D eigenvalue weighted by Crippen LogP contribution is 2.44. The van der Waals surface area contributed by atoms with Crippen LogP contribution in [0.4, 0.5) is 0 Å². The minimum absolute atomic E-state index is 0.412. The summed E-state index contributed by atoms with van der Waals surface area (Å²) in [6, 6.07) is 7.69. The second-order valence-electron chi connectivity index (χ2n) is 4.77. The average Bonchev–Trinajstić information content (AvgIpc) is 2.38. The van der Waals surface area contributed by atoms with Crippen molar-refractivity contribution in [1.82, 2.24) is 10.2 Å². The molecular weight excluding hydrogens is 228 g/mol. The van der Waals surface area contributed by atoms with Crippen LogP contribution < -0.4 is 9.47 Å². The Morgan fingerprint density at radius 1 is 1.22 bits per heavy atom. The first-order chi connectivity index (χ1) is 8.62. The Morgan fingerprint density at radius 2 is 2.06 bits per heavy atom. The Labute approximate surface area is 106 Å². The van der Waals surface area contributed by atoms with Crippen LogP contribution in [0.25, 0.3) is 11.3 Å². The third-order valence-corrected chi connectivity index (χ3v) is 3.18. The lowest BCUT2D eigenvalue weighted by atomic mass is 9.90. The van der Waals surface area contributed by atoms with Crippen LogP contribution in [0.1, 0.15) is 19.4 Å². The van der Waals surface area contributed by atoms with Crippen molar-refractivity contribution in [2.75, 3.05) is 7.11 Å². The van der Waals surface area contributed by atoms with Crippen LogP contribution in [0.2, 0.25) is 0 Å². The number of ether oxygens (including phenoxy) is 2. The molecule has 1 aromatic carbocycles. The number of hydrogen-bond donors (Lipinski definition) is 0. The molecule has 92 valence electrons. The lowest BCUT2D eigenvalue weighted by molar-refractivity contribution is 0.104. The van der Waals surface area contributed by atoms with Gasteiger partial charge in [0.25, 0.3) is 0 Å². The summed E-state index contributed by atoms with van der Waals surface area (Å²) in [5.41, 5.74) is 2.48. The maximum atomic E-state index is 6.04. The van der Waals surface area contributed by atoms with Crippen LogP contribution in [0.3, 0.4) is 0 Å². The molecule has 0 N–H and O–H groups in total. The van der Waals surface area contributed by atoms with E-state index in [0.717, 1.165) is 28.3 Å². The molecule has 0 bridgehead atoms. The van der Waals surface area contributed by atoms with Gasteiger partial charge in [0.1, 0.15) is 22.8 Å². The highest BCUT2D eigenvalue weighted by molar-refractivity contribution is 5.73. The SMILES string of the molecule is COc1ccc2c(c1)OC(C)(C)c1ccnnc1-2. The topological polar surface area (TPSA) is 44.2 Å². The van der Waals surface area contributed by atoms with E-state index >= 15 is 0 Å². The summed E-state index contributed by atoms with van der Waals surface area (Å²) in [6.07, 6.45) is 1.69. The van der Waals surface area contributed by atoms with E-state index in [1.165, 1.54) is 0 Å². The zero-order valence-electron chi connectivity index (χ0n) is 10.6. The number of hydrogen-bond acceptors (Lipinski definition) is 4. The summed E-state index contributed by atoms with van der Waals surface area (Å²) in [5, 5.41) is 8.21. The van der Waals surface area contributed by atoms with Crippen molar-refractivity contribution in [3.8, 4) is 22.8 Å². The molecule has 0 amide bonds. The highest BCUT2D eigenvalue weighted by atomic mass is 16.5. The summed E-state index contributed by atoms with van der Waals surface area (Å²) < 4.78 is 11.3. The molecule has 0 unspecified atom stereocenters. The molecule has 4 heteroatoms. The molecule has 0 fully saturated rings. The standard InChI is InChI=1S/C14H14N2O2/c1-14(2)11-6-7-15-16-13(11)10-5-4-9(17-3)8-12(10)18-14/h4-8H,1-3H3. The number of rotatable bonds is 1. The number of methoxy groups -OCH3 is 1. The first-order valence-corrected chi connectivity index (χ1v) is 5.81. The van der Waals surface area contributed by atoms with Gasteiger partial charge in [0.15, 0.2) is 0 Å². The summed E-state index contributed by atoms with van der Waals surface area (Å²) in [6.45, 7) is 4.05. The number of aromatic nitrogens is 2. The quantitative estimate of drug-likeness (QED) is 0.771. The highest BCUT2D eigenvalue weighted by Gasteiger charge is 2.33. The molecule has 18 heavy (non-hydrogen) atoms. The molecule has 2 heterocycles. The lowest BCUT2D eigenvalue weighted by Gasteiger charge is -2.33. The summed E-state index contributed by atoms with van der Waals surface area (Å²) in [7, 11) is 1.64. The Bertz CT molecular complexity index is 608. The minimum Gasteiger partial charge on any atom is -0.497 e. The Hall–Kier alpha value is -2.10. The fraction of sp³-hybridized carbons (Fsp3) is 0.286.